The van der Waals surface area contributed by atoms with Gasteiger partial charge in [-0.05, 0) is 55.8 Å². The molecule has 2 aliphatic heterocycles. The Hall–Kier alpha value is -0.820. The zero-order valence-electron chi connectivity index (χ0n) is 15.5. The molecule has 5 heteroatoms. The maximum atomic E-state index is 6.26. The Labute approximate surface area is 169 Å². The lowest BCUT2D eigenvalue weighted by Crippen LogP contribution is -2.43. The molecule has 0 aliphatic carbocycles. The minimum atomic E-state index is 0. The Balaban J connectivity index is 0.00000225. The van der Waals surface area contributed by atoms with E-state index in [4.69, 9.17) is 10.7 Å². The minimum Gasteiger partial charge on any atom is -0.370 e. The number of rotatable bonds is 4. The van der Waals surface area contributed by atoms with Gasteiger partial charge in [0.2, 0.25) is 0 Å². The van der Waals surface area contributed by atoms with Crippen LogP contribution in [0.5, 0.6) is 0 Å². The highest BCUT2D eigenvalue weighted by Crippen LogP contribution is 2.18. The Kier molecular flexibility index (Phi) is 8.49. The molecule has 0 radical (unpaired) electrons. The molecule has 2 fully saturated rings. The second-order valence-electron chi connectivity index (χ2n) is 7.47. The molecule has 3 rings (SSSR count). The molecule has 2 heterocycles. The number of hydrogen-bond donors (Lipinski definition) is 1. The van der Waals surface area contributed by atoms with Gasteiger partial charge >= 0.3 is 0 Å². The van der Waals surface area contributed by atoms with E-state index < -0.39 is 0 Å². The first-order valence-corrected chi connectivity index (χ1v) is 9.56. The van der Waals surface area contributed by atoms with Crippen molar-refractivity contribution in [3.05, 3.63) is 35.4 Å². The van der Waals surface area contributed by atoms with Gasteiger partial charge in [0, 0.05) is 19.6 Å². The van der Waals surface area contributed by atoms with E-state index in [1.807, 2.05) is 0 Å². The molecule has 0 saturated carbocycles. The van der Waals surface area contributed by atoms with Gasteiger partial charge in [0.05, 0.1) is 6.54 Å². The molecule has 0 spiro atoms. The van der Waals surface area contributed by atoms with Crippen molar-refractivity contribution < 1.29 is 0 Å². The molecule has 1 atom stereocenters. The van der Waals surface area contributed by atoms with Crippen molar-refractivity contribution in [1.82, 2.24) is 9.80 Å². The van der Waals surface area contributed by atoms with E-state index in [-0.39, 0.29) is 24.0 Å². The molecule has 2 saturated heterocycles. The fourth-order valence-corrected chi connectivity index (χ4v) is 3.89. The third kappa shape index (κ3) is 6.13. The van der Waals surface area contributed by atoms with Gasteiger partial charge in [0.1, 0.15) is 0 Å². The molecule has 2 aliphatic rings. The van der Waals surface area contributed by atoms with Gasteiger partial charge < -0.3 is 10.6 Å². The van der Waals surface area contributed by atoms with Gasteiger partial charge in [-0.25, -0.2) is 4.99 Å². The maximum Gasteiger partial charge on any atom is 0.191 e. The van der Waals surface area contributed by atoms with E-state index in [9.17, 15) is 0 Å². The highest BCUT2D eigenvalue weighted by Gasteiger charge is 2.18. The van der Waals surface area contributed by atoms with E-state index in [0.717, 1.165) is 25.6 Å². The lowest BCUT2D eigenvalue weighted by Gasteiger charge is -2.31. The SMILES string of the molecule is CC1CCCN(C(N)=NCc2ccccc2CN2CCCCC2)C1.I. The molecule has 1 unspecified atom stereocenters. The molecule has 2 N–H and O–H groups in total. The fourth-order valence-electron chi connectivity index (χ4n) is 3.89. The van der Waals surface area contributed by atoms with Crippen molar-refractivity contribution in [3.63, 3.8) is 0 Å². The van der Waals surface area contributed by atoms with E-state index >= 15 is 0 Å². The summed E-state index contributed by atoms with van der Waals surface area (Å²) >= 11 is 0. The maximum absolute atomic E-state index is 6.26. The van der Waals surface area contributed by atoms with Crippen LogP contribution in [0.1, 0.15) is 50.2 Å². The molecule has 0 aromatic heterocycles. The van der Waals surface area contributed by atoms with Crippen LogP contribution in [0.4, 0.5) is 0 Å². The third-order valence-corrected chi connectivity index (χ3v) is 5.35. The van der Waals surface area contributed by atoms with Crippen molar-refractivity contribution in [2.24, 2.45) is 16.6 Å². The number of piperidine rings is 2. The van der Waals surface area contributed by atoms with Crippen molar-refractivity contribution in [3.8, 4) is 0 Å². The van der Waals surface area contributed by atoms with Gasteiger partial charge in [-0.3, -0.25) is 4.90 Å². The Morgan fingerprint density at radius 2 is 1.80 bits per heavy atom. The highest BCUT2D eigenvalue weighted by molar-refractivity contribution is 14.0. The fraction of sp³-hybridized carbons (Fsp3) is 0.650. The molecule has 4 nitrogen and oxygen atoms in total. The summed E-state index contributed by atoms with van der Waals surface area (Å²) in [5.41, 5.74) is 8.98. The summed E-state index contributed by atoms with van der Waals surface area (Å²) in [5, 5.41) is 0. The molecule has 0 bridgehead atoms. The van der Waals surface area contributed by atoms with Crippen molar-refractivity contribution in [2.45, 2.75) is 52.1 Å². The monoisotopic (exact) mass is 456 g/mol. The average Bonchev–Trinajstić information content (AvgIpc) is 2.61. The Bertz CT molecular complexity index is 554. The standard InChI is InChI=1S/C20H32N4.HI/c1-17-8-7-13-24(15-17)20(21)22-14-18-9-3-4-10-19(18)16-23-11-5-2-6-12-23;/h3-4,9-10,17H,2,5-8,11-16H2,1H3,(H2,21,22);1H. The molecule has 25 heavy (non-hydrogen) atoms. The van der Waals surface area contributed by atoms with Crippen LogP contribution in [-0.4, -0.2) is 41.9 Å². The molecule has 140 valence electrons. The molecule has 1 aromatic carbocycles. The first-order valence-electron chi connectivity index (χ1n) is 9.56. The molecule has 1 aromatic rings. The van der Waals surface area contributed by atoms with E-state index in [2.05, 4.69) is 41.0 Å². The summed E-state index contributed by atoms with van der Waals surface area (Å²) < 4.78 is 0. The quantitative estimate of drug-likeness (QED) is 0.426. The van der Waals surface area contributed by atoms with Gasteiger partial charge in [0.25, 0.3) is 0 Å². The van der Waals surface area contributed by atoms with Crippen molar-refractivity contribution in [1.29, 1.82) is 0 Å². The number of halogens is 1. The van der Waals surface area contributed by atoms with Crippen LogP contribution < -0.4 is 5.73 Å². The normalized spacial score (nSPS) is 22.5. The number of benzene rings is 1. The third-order valence-electron chi connectivity index (χ3n) is 5.35. The Morgan fingerprint density at radius 3 is 2.52 bits per heavy atom. The zero-order chi connectivity index (χ0) is 16.8. The lowest BCUT2D eigenvalue weighted by molar-refractivity contribution is 0.220. The summed E-state index contributed by atoms with van der Waals surface area (Å²) in [4.78, 5) is 9.53. The smallest absolute Gasteiger partial charge is 0.191 e. The Morgan fingerprint density at radius 1 is 1.08 bits per heavy atom. The molecular formula is C20H33IN4. The van der Waals surface area contributed by atoms with Gasteiger partial charge in [-0.15, -0.1) is 24.0 Å². The van der Waals surface area contributed by atoms with Gasteiger partial charge in [-0.1, -0.05) is 37.6 Å². The zero-order valence-corrected chi connectivity index (χ0v) is 17.8. The second-order valence-corrected chi connectivity index (χ2v) is 7.47. The first kappa shape index (κ1) is 20.5. The summed E-state index contributed by atoms with van der Waals surface area (Å²) in [6.07, 6.45) is 6.58. The number of guanidine groups is 1. The number of nitrogens with zero attached hydrogens (tertiary/aromatic N) is 3. The predicted octanol–water partition coefficient (Wildman–Crippen LogP) is 3.84. The van der Waals surface area contributed by atoms with Crippen molar-refractivity contribution >= 4 is 29.9 Å². The van der Waals surface area contributed by atoms with Crippen LogP contribution in [0.2, 0.25) is 0 Å². The molecule has 0 amide bonds. The summed E-state index contributed by atoms with van der Waals surface area (Å²) in [6.45, 7) is 8.59. The number of nitrogens with two attached hydrogens (primary N) is 1. The average molecular weight is 456 g/mol. The number of likely N-dealkylation sites (tertiary alicyclic amines) is 2. The van der Waals surface area contributed by atoms with Gasteiger partial charge in [-0.2, -0.15) is 0 Å². The van der Waals surface area contributed by atoms with Crippen LogP contribution in [0.25, 0.3) is 0 Å². The van der Waals surface area contributed by atoms with E-state index in [1.165, 1.54) is 56.3 Å². The van der Waals surface area contributed by atoms with Gasteiger partial charge in [0.15, 0.2) is 5.96 Å². The predicted molar refractivity (Wildman–Crippen MR) is 116 cm³/mol. The van der Waals surface area contributed by atoms with E-state index in [0.29, 0.717) is 12.5 Å². The number of aliphatic imine (C=N–C) groups is 1. The minimum absolute atomic E-state index is 0. The van der Waals surface area contributed by atoms with Crippen LogP contribution >= 0.6 is 24.0 Å². The van der Waals surface area contributed by atoms with Crippen LogP contribution in [0, 0.1) is 5.92 Å². The summed E-state index contributed by atoms with van der Waals surface area (Å²) in [5.74, 6) is 1.44. The van der Waals surface area contributed by atoms with Crippen LogP contribution in [0.3, 0.4) is 0 Å². The van der Waals surface area contributed by atoms with Crippen molar-refractivity contribution in [2.75, 3.05) is 26.2 Å². The molecular weight excluding hydrogens is 423 g/mol. The topological polar surface area (TPSA) is 44.9 Å². The van der Waals surface area contributed by atoms with Crippen LogP contribution in [0.15, 0.2) is 29.3 Å². The number of hydrogen-bond acceptors (Lipinski definition) is 2. The van der Waals surface area contributed by atoms with Crippen LogP contribution in [-0.2, 0) is 13.1 Å². The van der Waals surface area contributed by atoms with E-state index in [1.54, 1.807) is 0 Å². The summed E-state index contributed by atoms with van der Waals surface area (Å²) in [7, 11) is 0. The highest BCUT2D eigenvalue weighted by atomic mass is 127. The largest absolute Gasteiger partial charge is 0.370 e. The lowest BCUT2D eigenvalue weighted by atomic mass is 10.0. The first-order chi connectivity index (χ1) is 11.7. The summed E-state index contributed by atoms with van der Waals surface area (Å²) in [6, 6.07) is 8.71. The second kappa shape index (κ2) is 10.4.